The lowest BCUT2D eigenvalue weighted by atomic mass is 9.98. The first-order chi connectivity index (χ1) is 6.87. The third-order valence-corrected chi connectivity index (χ3v) is 2.00. The van der Waals surface area contributed by atoms with Gasteiger partial charge in [-0.3, -0.25) is 4.79 Å². The van der Waals surface area contributed by atoms with Crippen LogP contribution in [0, 0.1) is 0 Å². The van der Waals surface area contributed by atoms with Crippen LogP contribution in [0.25, 0.3) is 0 Å². The Morgan fingerprint density at radius 2 is 2.20 bits per heavy atom. The average Bonchev–Trinajstić information content (AvgIpc) is 2.16. The lowest BCUT2D eigenvalue weighted by Gasteiger charge is -2.30. The Bertz CT molecular complexity index is 261. The van der Waals surface area contributed by atoms with Crippen LogP contribution in [-0.4, -0.2) is 28.8 Å². The molecule has 0 aromatic heterocycles. The smallest absolute Gasteiger partial charge is 0.323 e. The molecule has 0 aromatic rings. The van der Waals surface area contributed by atoms with E-state index in [2.05, 4.69) is 6.58 Å². The van der Waals surface area contributed by atoms with Gasteiger partial charge >= 0.3 is 5.97 Å². The number of ether oxygens (including phenoxy) is 1. The predicted molar refractivity (Wildman–Crippen MR) is 59.2 cm³/mol. The van der Waals surface area contributed by atoms with Crippen molar-refractivity contribution in [1.82, 2.24) is 0 Å². The molecule has 0 aliphatic carbocycles. The summed E-state index contributed by atoms with van der Waals surface area (Å²) in [6, 6.07) is -0.716. The van der Waals surface area contributed by atoms with E-state index in [-0.39, 0.29) is 0 Å². The first-order valence-corrected chi connectivity index (χ1v) is 4.80. The highest BCUT2D eigenvalue weighted by Gasteiger charge is 2.33. The minimum atomic E-state index is -1.11. The largest absolute Gasteiger partial charge is 0.451 e. The van der Waals surface area contributed by atoms with E-state index in [4.69, 9.17) is 10.5 Å². The molecule has 0 bridgehead atoms. The van der Waals surface area contributed by atoms with Crippen molar-refractivity contribution in [2.45, 2.75) is 38.5 Å². The fraction of sp³-hybridized carbons (Fsp3) is 0.545. The minimum absolute atomic E-state index is 0.559. The maximum absolute atomic E-state index is 11.3. The Hall–Kier alpha value is -1.13. The van der Waals surface area contributed by atoms with Crippen LogP contribution in [0.5, 0.6) is 0 Å². The second kappa shape index (κ2) is 5.68. The molecule has 86 valence electrons. The van der Waals surface area contributed by atoms with E-state index in [0.29, 0.717) is 0 Å². The van der Waals surface area contributed by atoms with E-state index in [1.807, 2.05) is 0 Å². The van der Waals surface area contributed by atoms with Crippen LogP contribution in [0.4, 0.5) is 0 Å². The molecular weight excluding hydrogens is 194 g/mol. The summed E-state index contributed by atoms with van der Waals surface area (Å²) in [4.78, 5) is 11.3. The maximum Gasteiger partial charge on any atom is 0.323 e. The second-order valence-corrected chi connectivity index (χ2v) is 3.57. The summed E-state index contributed by atoms with van der Waals surface area (Å²) < 4.78 is 5.12. The van der Waals surface area contributed by atoms with E-state index in [1.54, 1.807) is 26.0 Å². The molecular formula is C11H19NO3. The molecule has 0 amide bonds. The summed E-state index contributed by atoms with van der Waals surface area (Å²) in [7, 11) is 0. The maximum atomic E-state index is 11.3. The highest BCUT2D eigenvalue weighted by molar-refractivity contribution is 5.75. The number of carbonyl (C=O) groups is 1. The van der Waals surface area contributed by atoms with Crippen molar-refractivity contribution in [3.8, 4) is 0 Å². The van der Waals surface area contributed by atoms with Gasteiger partial charge in [0.15, 0.2) is 5.60 Å². The molecule has 0 heterocycles. The molecule has 0 aliphatic heterocycles. The first kappa shape index (κ1) is 13.9. The first-order valence-electron chi connectivity index (χ1n) is 4.80. The van der Waals surface area contributed by atoms with Crippen LogP contribution in [0.2, 0.25) is 0 Å². The Balaban J connectivity index is 4.80. The molecule has 4 nitrogen and oxygen atoms in total. The van der Waals surface area contributed by atoms with Gasteiger partial charge in [-0.2, -0.15) is 0 Å². The SMILES string of the molecule is C=CC(O)C(C)(C=CC)OC(=O)C(C)N. The fourth-order valence-corrected chi connectivity index (χ4v) is 1.07. The zero-order chi connectivity index (χ0) is 12.1. The van der Waals surface area contributed by atoms with Crippen molar-refractivity contribution in [2.24, 2.45) is 5.73 Å². The molecule has 3 unspecified atom stereocenters. The van der Waals surface area contributed by atoms with Gasteiger partial charge in [0.25, 0.3) is 0 Å². The summed E-state index contributed by atoms with van der Waals surface area (Å²) in [5.74, 6) is -0.559. The molecule has 15 heavy (non-hydrogen) atoms. The van der Waals surface area contributed by atoms with Crippen LogP contribution in [0.3, 0.4) is 0 Å². The highest BCUT2D eigenvalue weighted by atomic mass is 16.6. The van der Waals surface area contributed by atoms with Crippen molar-refractivity contribution in [1.29, 1.82) is 0 Å². The van der Waals surface area contributed by atoms with Crippen LogP contribution < -0.4 is 5.73 Å². The average molecular weight is 213 g/mol. The van der Waals surface area contributed by atoms with Gasteiger partial charge in [-0.1, -0.05) is 12.2 Å². The van der Waals surface area contributed by atoms with Gasteiger partial charge in [-0.25, -0.2) is 0 Å². The van der Waals surface area contributed by atoms with Gasteiger partial charge in [0, 0.05) is 0 Å². The molecule has 3 N–H and O–H groups in total. The van der Waals surface area contributed by atoms with E-state index in [1.165, 1.54) is 13.0 Å². The van der Waals surface area contributed by atoms with Gasteiger partial charge in [-0.05, 0) is 26.8 Å². The molecule has 0 rings (SSSR count). The lowest BCUT2D eigenvalue weighted by Crippen LogP contribution is -2.44. The number of carbonyl (C=O) groups excluding carboxylic acids is 1. The number of esters is 1. The Labute approximate surface area is 90.4 Å². The molecule has 0 aromatic carbocycles. The molecule has 0 aliphatic rings. The second-order valence-electron chi connectivity index (χ2n) is 3.57. The van der Waals surface area contributed by atoms with E-state index in [0.717, 1.165) is 0 Å². The van der Waals surface area contributed by atoms with Crippen LogP contribution in [0.1, 0.15) is 20.8 Å². The third-order valence-electron chi connectivity index (χ3n) is 2.00. The summed E-state index contributed by atoms with van der Waals surface area (Å²) in [5.41, 5.74) is 4.26. The zero-order valence-electron chi connectivity index (χ0n) is 9.43. The minimum Gasteiger partial charge on any atom is -0.451 e. The van der Waals surface area contributed by atoms with Gasteiger partial charge in [0.2, 0.25) is 0 Å². The molecule has 4 heteroatoms. The van der Waals surface area contributed by atoms with Crippen molar-refractivity contribution in [2.75, 3.05) is 0 Å². The molecule has 0 spiro atoms. The van der Waals surface area contributed by atoms with Crippen molar-refractivity contribution < 1.29 is 14.6 Å². The fourth-order valence-electron chi connectivity index (χ4n) is 1.07. The summed E-state index contributed by atoms with van der Waals surface area (Å²) >= 11 is 0. The Morgan fingerprint density at radius 1 is 1.67 bits per heavy atom. The summed E-state index contributed by atoms with van der Waals surface area (Å²) in [6.45, 7) is 8.35. The number of hydrogen-bond donors (Lipinski definition) is 2. The Morgan fingerprint density at radius 3 is 2.53 bits per heavy atom. The molecule has 3 atom stereocenters. The van der Waals surface area contributed by atoms with Crippen molar-refractivity contribution in [3.63, 3.8) is 0 Å². The van der Waals surface area contributed by atoms with Gasteiger partial charge in [0.05, 0.1) is 0 Å². The quantitative estimate of drug-likeness (QED) is 0.522. The highest BCUT2D eigenvalue weighted by Crippen LogP contribution is 2.19. The molecule has 0 saturated carbocycles. The molecule has 0 saturated heterocycles. The van der Waals surface area contributed by atoms with Gasteiger partial charge in [0.1, 0.15) is 12.1 Å². The van der Waals surface area contributed by atoms with Crippen molar-refractivity contribution >= 4 is 5.97 Å². The number of aliphatic hydroxyl groups excluding tert-OH is 1. The number of allylic oxidation sites excluding steroid dienone is 1. The number of hydrogen-bond acceptors (Lipinski definition) is 4. The van der Waals surface area contributed by atoms with Crippen LogP contribution in [-0.2, 0) is 9.53 Å². The normalized spacial score (nSPS) is 19.3. The van der Waals surface area contributed by atoms with Gasteiger partial charge < -0.3 is 15.6 Å². The topological polar surface area (TPSA) is 72.5 Å². The third kappa shape index (κ3) is 3.85. The van der Waals surface area contributed by atoms with E-state index < -0.39 is 23.7 Å². The van der Waals surface area contributed by atoms with Crippen LogP contribution >= 0.6 is 0 Å². The van der Waals surface area contributed by atoms with E-state index >= 15 is 0 Å². The lowest BCUT2D eigenvalue weighted by molar-refractivity contribution is -0.161. The summed E-state index contributed by atoms with van der Waals surface area (Å²) in [6.07, 6.45) is 3.64. The monoisotopic (exact) mass is 213 g/mol. The molecule has 0 fully saturated rings. The zero-order valence-corrected chi connectivity index (χ0v) is 9.43. The number of aliphatic hydroxyl groups is 1. The number of rotatable bonds is 5. The van der Waals surface area contributed by atoms with Gasteiger partial charge in [-0.15, -0.1) is 6.58 Å². The molecule has 0 radical (unpaired) electrons. The van der Waals surface area contributed by atoms with Crippen molar-refractivity contribution in [3.05, 3.63) is 24.8 Å². The summed E-state index contributed by atoms with van der Waals surface area (Å²) in [5, 5.41) is 9.65. The van der Waals surface area contributed by atoms with E-state index in [9.17, 15) is 9.90 Å². The predicted octanol–water partition coefficient (Wildman–Crippen LogP) is 0.758. The standard InChI is InChI=1S/C11H19NO3/c1-5-7-11(4,9(13)6-2)15-10(14)8(3)12/h5-9,13H,2,12H2,1,3-4H3. The Kier molecular flexibility index (Phi) is 5.25. The number of nitrogens with two attached hydrogens (primary N) is 1. The van der Waals surface area contributed by atoms with Crippen LogP contribution in [0.15, 0.2) is 24.8 Å².